The molecule has 7 rings (SSSR count). The average molecular weight is 563 g/mol. The molecule has 3 aliphatic carbocycles. The van der Waals surface area contributed by atoms with Crippen LogP contribution >= 0.6 is 0 Å². The fourth-order valence-corrected chi connectivity index (χ4v) is 8.95. The largest absolute Gasteiger partial charge is 0.387 e. The molecule has 0 aromatic carbocycles. The number of aliphatic hydroxyl groups is 2. The molecule has 6 unspecified atom stereocenters. The van der Waals surface area contributed by atoms with Gasteiger partial charge in [-0.3, -0.25) is 26.2 Å². The SMILES string of the molecule is CCN1CNC(N)C2NCN([C@@H]3O[C@H](CN(C)C4CC(CCC5NC6CC(C7CC7)CC[C@H]6N5)C4)[C@@H](O)[C@H]3O)C21. The first-order valence-corrected chi connectivity index (χ1v) is 16.4. The summed E-state index contributed by atoms with van der Waals surface area (Å²) in [6.07, 6.45) is 9.64. The standard InChI is InChI=1S/C29H54N8O3/c1-3-36-14-32-27(30)24-28(36)37(15-31-24)29-26(39)25(38)22(40-29)13-35(2)19-10-16(11-19)4-9-23-33-20-8-7-18(17-5-6-17)12-21(20)34-23/h16-29,31-34,38-39H,3-15,30H2,1-2H3/t16?,18?,19?,20-,21?,22-,23?,24?,25-,26-,27?,28?,29-/m1/s1. The van der Waals surface area contributed by atoms with E-state index in [0.29, 0.717) is 44.2 Å². The summed E-state index contributed by atoms with van der Waals surface area (Å²) in [5, 5.41) is 36.7. The third kappa shape index (κ3) is 5.38. The number of aliphatic hydroxyl groups excluding tert-OH is 2. The zero-order valence-electron chi connectivity index (χ0n) is 24.5. The molecule has 0 bridgehead atoms. The van der Waals surface area contributed by atoms with Crippen LogP contribution in [0.3, 0.4) is 0 Å². The number of nitrogens with two attached hydrogens (primary N) is 1. The van der Waals surface area contributed by atoms with Crippen molar-refractivity contribution >= 4 is 0 Å². The van der Waals surface area contributed by atoms with E-state index in [-0.39, 0.29) is 18.4 Å². The Morgan fingerprint density at radius 1 is 0.925 bits per heavy atom. The zero-order valence-corrected chi connectivity index (χ0v) is 24.5. The van der Waals surface area contributed by atoms with Gasteiger partial charge in [0.2, 0.25) is 0 Å². The molecule has 0 aromatic rings. The lowest BCUT2D eigenvalue weighted by Gasteiger charge is -2.45. The van der Waals surface area contributed by atoms with Gasteiger partial charge in [-0.05, 0) is 89.1 Å². The van der Waals surface area contributed by atoms with E-state index in [2.05, 4.69) is 49.9 Å². The van der Waals surface area contributed by atoms with Crippen LogP contribution in [0.4, 0.5) is 0 Å². The van der Waals surface area contributed by atoms with Gasteiger partial charge in [0.15, 0.2) is 0 Å². The van der Waals surface area contributed by atoms with Crippen LogP contribution in [0.5, 0.6) is 0 Å². The van der Waals surface area contributed by atoms with Crippen molar-refractivity contribution in [2.24, 2.45) is 23.5 Å². The van der Waals surface area contributed by atoms with Crippen molar-refractivity contribution in [1.82, 2.24) is 36.0 Å². The van der Waals surface area contributed by atoms with Crippen LogP contribution in [0.25, 0.3) is 0 Å². The lowest BCUT2D eigenvalue weighted by molar-refractivity contribution is -0.131. The smallest absolute Gasteiger partial charge is 0.142 e. The van der Waals surface area contributed by atoms with Gasteiger partial charge in [0.05, 0.1) is 37.9 Å². The molecule has 4 saturated heterocycles. The Kier molecular flexibility index (Phi) is 8.20. The lowest BCUT2D eigenvalue weighted by atomic mass is 9.76. The van der Waals surface area contributed by atoms with E-state index in [4.69, 9.17) is 10.5 Å². The first-order chi connectivity index (χ1) is 19.4. The maximum Gasteiger partial charge on any atom is 0.142 e. The van der Waals surface area contributed by atoms with Crippen molar-refractivity contribution in [1.29, 1.82) is 0 Å². The maximum atomic E-state index is 11.0. The lowest BCUT2D eigenvalue weighted by Crippen LogP contribution is -2.69. The fraction of sp³-hybridized carbons (Fsp3) is 1.00. The van der Waals surface area contributed by atoms with Gasteiger partial charge in [-0.1, -0.05) is 6.92 Å². The Morgan fingerprint density at radius 3 is 2.48 bits per heavy atom. The van der Waals surface area contributed by atoms with E-state index < -0.39 is 24.5 Å². The summed E-state index contributed by atoms with van der Waals surface area (Å²) in [5.41, 5.74) is 6.33. The maximum absolute atomic E-state index is 11.0. The van der Waals surface area contributed by atoms with E-state index in [0.717, 1.165) is 24.3 Å². The van der Waals surface area contributed by atoms with Crippen LogP contribution in [-0.2, 0) is 4.74 Å². The number of likely N-dealkylation sites (N-methyl/N-ethyl adjacent to an activating group) is 2. The number of fused-ring (bicyclic) bond motifs is 2. The van der Waals surface area contributed by atoms with Crippen molar-refractivity contribution in [3.63, 3.8) is 0 Å². The number of hydrogen-bond acceptors (Lipinski definition) is 11. The second-order valence-corrected chi connectivity index (χ2v) is 14.2. The van der Waals surface area contributed by atoms with Crippen molar-refractivity contribution in [3.8, 4) is 0 Å². The van der Waals surface area contributed by atoms with Crippen molar-refractivity contribution < 1.29 is 14.9 Å². The molecule has 11 heteroatoms. The first kappa shape index (κ1) is 28.3. The van der Waals surface area contributed by atoms with E-state index in [1.165, 1.54) is 57.8 Å². The normalized spacial score (nSPS) is 49.8. The highest BCUT2D eigenvalue weighted by Gasteiger charge is 2.53. The van der Waals surface area contributed by atoms with Crippen LogP contribution in [0.2, 0.25) is 0 Å². The molecular weight excluding hydrogens is 508 g/mol. The van der Waals surface area contributed by atoms with Crippen molar-refractivity contribution in [3.05, 3.63) is 0 Å². The van der Waals surface area contributed by atoms with Crippen LogP contribution in [-0.4, -0.2) is 126 Å². The minimum absolute atomic E-state index is 0.0318. The molecule has 4 heterocycles. The van der Waals surface area contributed by atoms with E-state index in [1.54, 1.807) is 0 Å². The topological polar surface area (TPSA) is 134 Å². The fourth-order valence-electron chi connectivity index (χ4n) is 8.95. The highest BCUT2D eigenvalue weighted by Crippen LogP contribution is 2.45. The van der Waals surface area contributed by atoms with Gasteiger partial charge >= 0.3 is 0 Å². The molecule has 0 radical (unpaired) electrons. The van der Waals surface area contributed by atoms with Crippen LogP contribution in [0.1, 0.15) is 64.7 Å². The van der Waals surface area contributed by atoms with Gasteiger partial charge in [-0.25, -0.2) is 4.90 Å². The molecular formula is C29H54N8O3. The zero-order chi connectivity index (χ0) is 27.5. The van der Waals surface area contributed by atoms with Gasteiger partial charge in [-0.2, -0.15) is 0 Å². The summed E-state index contributed by atoms with van der Waals surface area (Å²) in [5.74, 6) is 2.80. The number of nitrogens with zero attached hydrogens (tertiary/aromatic N) is 3. The molecule has 228 valence electrons. The number of ether oxygens (including phenoxy) is 1. The predicted molar refractivity (Wildman–Crippen MR) is 153 cm³/mol. The summed E-state index contributed by atoms with van der Waals surface area (Å²) >= 11 is 0. The molecule has 0 aromatic heterocycles. The molecule has 4 aliphatic heterocycles. The van der Waals surface area contributed by atoms with E-state index >= 15 is 0 Å². The van der Waals surface area contributed by atoms with Crippen LogP contribution < -0.4 is 27.0 Å². The number of nitrogens with one attached hydrogen (secondary N) is 4. The first-order valence-electron chi connectivity index (χ1n) is 16.4. The van der Waals surface area contributed by atoms with Gasteiger partial charge in [-0.15, -0.1) is 0 Å². The summed E-state index contributed by atoms with van der Waals surface area (Å²) in [6, 6.07) is 1.96. The Hall–Kier alpha value is -0.440. The second kappa shape index (κ2) is 11.6. The van der Waals surface area contributed by atoms with Gasteiger partial charge in [0.25, 0.3) is 0 Å². The van der Waals surface area contributed by atoms with E-state index in [9.17, 15) is 10.2 Å². The molecule has 0 amide bonds. The van der Waals surface area contributed by atoms with E-state index in [1.807, 2.05) is 0 Å². The van der Waals surface area contributed by atoms with Gasteiger partial charge < -0.3 is 25.6 Å². The molecule has 11 nitrogen and oxygen atoms in total. The summed E-state index contributed by atoms with van der Waals surface area (Å²) < 4.78 is 6.39. The Balaban J connectivity index is 0.853. The molecule has 7 fully saturated rings. The number of rotatable bonds is 9. The van der Waals surface area contributed by atoms with Crippen molar-refractivity contribution in [2.45, 2.75) is 132 Å². The van der Waals surface area contributed by atoms with Crippen molar-refractivity contribution in [2.75, 3.05) is 33.5 Å². The third-order valence-electron chi connectivity index (χ3n) is 11.7. The second-order valence-electron chi connectivity index (χ2n) is 14.2. The summed E-state index contributed by atoms with van der Waals surface area (Å²) in [7, 11) is 2.15. The highest BCUT2D eigenvalue weighted by molar-refractivity contribution is 5.04. The van der Waals surface area contributed by atoms with Gasteiger partial charge in [0.1, 0.15) is 24.5 Å². The predicted octanol–water partition coefficient (Wildman–Crippen LogP) is -0.885. The Bertz CT molecular complexity index is 876. The van der Waals surface area contributed by atoms with Crippen LogP contribution in [0.15, 0.2) is 0 Å². The molecule has 11 atom stereocenters. The molecule has 7 aliphatic rings. The molecule has 40 heavy (non-hydrogen) atoms. The monoisotopic (exact) mass is 562 g/mol. The minimum Gasteiger partial charge on any atom is -0.387 e. The molecule has 0 spiro atoms. The third-order valence-corrected chi connectivity index (χ3v) is 11.7. The molecule has 8 N–H and O–H groups in total. The Labute approximate surface area is 239 Å². The average Bonchev–Trinajstić information content (AvgIpc) is 3.45. The number of hydrogen-bond donors (Lipinski definition) is 7. The van der Waals surface area contributed by atoms with Crippen LogP contribution in [0, 0.1) is 17.8 Å². The summed E-state index contributed by atoms with van der Waals surface area (Å²) in [4.78, 5) is 6.80. The highest BCUT2D eigenvalue weighted by atomic mass is 16.6. The quantitative estimate of drug-likeness (QED) is 0.189. The Morgan fingerprint density at radius 2 is 1.70 bits per heavy atom. The minimum atomic E-state index is -0.937. The van der Waals surface area contributed by atoms with Gasteiger partial charge in [0, 0.05) is 24.7 Å². The summed E-state index contributed by atoms with van der Waals surface area (Å²) in [6.45, 7) is 4.92. The molecule has 3 saturated carbocycles.